The third kappa shape index (κ3) is 3.14. The normalized spacial score (nSPS) is 11.4. The molecule has 0 bridgehead atoms. The van der Waals surface area contributed by atoms with Gasteiger partial charge in [0.2, 0.25) is 0 Å². The van der Waals surface area contributed by atoms with Crippen LogP contribution in [0.4, 0.5) is 0 Å². The number of nitrogens with zero attached hydrogens (tertiary/aromatic N) is 1. The Kier molecular flexibility index (Phi) is 3.87. The molecule has 98 valence electrons. The van der Waals surface area contributed by atoms with Crippen molar-refractivity contribution in [2.45, 2.75) is 6.92 Å². The lowest BCUT2D eigenvalue weighted by Crippen LogP contribution is -2.19. The molecule has 0 unspecified atom stereocenters. The maximum absolute atomic E-state index is 11.8. The number of aromatic hydroxyl groups is 1. The first-order chi connectivity index (χ1) is 9.08. The van der Waals surface area contributed by atoms with Gasteiger partial charge in [-0.2, -0.15) is 5.10 Å². The molecule has 0 atom stereocenters. The average molecular weight is 278 g/mol. The first-order valence-electron chi connectivity index (χ1n) is 5.55. The monoisotopic (exact) mass is 277 g/mol. The van der Waals surface area contributed by atoms with Gasteiger partial charge in [-0.25, -0.2) is 5.43 Å². The highest BCUT2D eigenvalue weighted by Gasteiger charge is 2.11. The molecule has 1 aromatic heterocycles. The molecule has 2 aromatic rings. The van der Waals surface area contributed by atoms with Gasteiger partial charge in [-0.05, 0) is 37.3 Å². The van der Waals surface area contributed by atoms with E-state index in [2.05, 4.69) is 15.5 Å². The number of aromatic nitrogens is 1. The van der Waals surface area contributed by atoms with E-state index < -0.39 is 5.91 Å². The van der Waals surface area contributed by atoms with E-state index in [0.717, 1.165) is 5.69 Å². The van der Waals surface area contributed by atoms with E-state index in [1.54, 1.807) is 13.1 Å². The van der Waals surface area contributed by atoms with E-state index in [9.17, 15) is 9.90 Å². The Morgan fingerprint density at radius 2 is 2.21 bits per heavy atom. The van der Waals surface area contributed by atoms with Crippen molar-refractivity contribution in [2.75, 3.05) is 0 Å². The summed E-state index contributed by atoms with van der Waals surface area (Å²) < 4.78 is 0. The SMILES string of the molecule is C/C(=N\NC(=O)c1cc(Cl)ccc1O)c1ccc[nH]1. The minimum Gasteiger partial charge on any atom is -0.507 e. The topological polar surface area (TPSA) is 77.5 Å². The molecular formula is C13H12ClN3O2. The number of hydrogen-bond acceptors (Lipinski definition) is 3. The number of nitrogens with one attached hydrogen (secondary N) is 2. The maximum Gasteiger partial charge on any atom is 0.275 e. The number of aromatic amines is 1. The number of amides is 1. The first-order valence-corrected chi connectivity index (χ1v) is 5.92. The fourth-order valence-electron chi connectivity index (χ4n) is 1.50. The fourth-order valence-corrected chi connectivity index (χ4v) is 1.67. The highest BCUT2D eigenvalue weighted by Crippen LogP contribution is 2.21. The predicted octanol–water partition coefficient (Wildman–Crippen LogP) is 2.53. The number of benzene rings is 1. The second kappa shape index (κ2) is 5.58. The molecule has 1 aromatic carbocycles. The number of hydrogen-bond donors (Lipinski definition) is 3. The van der Waals surface area contributed by atoms with Gasteiger partial charge in [0, 0.05) is 11.2 Å². The van der Waals surface area contributed by atoms with E-state index in [4.69, 9.17) is 11.6 Å². The number of phenolic OH excluding ortho intramolecular Hbond substituents is 1. The molecule has 0 fully saturated rings. The van der Waals surface area contributed by atoms with E-state index in [1.165, 1.54) is 18.2 Å². The van der Waals surface area contributed by atoms with Gasteiger partial charge < -0.3 is 10.1 Å². The Labute approximate surface area is 114 Å². The quantitative estimate of drug-likeness (QED) is 0.595. The van der Waals surface area contributed by atoms with E-state index in [1.807, 2.05) is 12.1 Å². The van der Waals surface area contributed by atoms with Gasteiger partial charge in [0.15, 0.2) is 0 Å². The van der Waals surface area contributed by atoms with Crippen LogP contribution < -0.4 is 5.43 Å². The lowest BCUT2D eigenvalue weighted by Gasteiger charge is -2.04. The number of carbonyl (C=O) groups is 1. The highest BCUT2D eigenvalue weighted by molar-refractivity contribution is 6.31. The molecule has 0 saturated heterocycles. The standard InChI is InChI=1S/C13H12ClN3O2/c1-8(11-3-2-6-15-11)16-17-13(19)10-7-9(14)4-5-12(10)18/h2-7,15,18H,1H3,(H,17,19)/b16-8+. The highest BCUT2D eigenvalue weighted by atomic mass is 35.5. The first kappa shape index (κ1) is 13.2. The molecule has 5 nitrogen and oxygen atoms in total. The molecule has 6 heteroatoms. The van der Waals surface area contributed by atoms with Crippen LogP contribution in [0, 0.1) is 0 Å². The minimum atomic E-state index is -0.522. The molecule has 19 heavy (non-hydrogen) atoms. The van der Waals surface area contributed by atoms with Crippen LogP contribution in [0.3, 0.4) is 0 Å². The molecule has 0 radical (unpaired) electrons. The van der Waals surface area contributed by atoms with Crippen molar-refractivity contribution in [2.24, 2.45) is 5.10 Å². The van der Waals surface area contributed by atoms with Crippen molar-refractivity contribution in [3.05, 3.63) is 52.8 Å². The van der Waals surface area contributed by atoms with Crippen LogP contribution in [0.25, 0.3) is 0 Å². The Morgan fingerprint density at radius 3 is 2.89 bits per heavy atom. The maximum atomic E-state index is 11.8. The number of carbonyl (C=O) groups excluding carboxylic acids is 1. The number of hydrazone groups is 1. The van der Waals surface area contributed by atoms with Crippen LogP contribution in [0.1, 0.15) is 23.0 Å². The third-order valence-electron chi connectivity index (χ3n) is 2.52. The van der Waals surface area contributed by atoms with Crippen molar-refractivity contribution in [3.63, 3.8) is 0 Å². The van der Waals surface area contributed by atoms with Gasteiger partial charge in [-0.1, -0.05) is 11.6 Å². The van der Waals surface area contributed by atoms with Gasteiger partial charge in [-0.3, -0.25) is 4.79 Å². The average Bonchev–Trinajstić information content (AvgIpc) is 2.92. The smallest absolute Gasteiger partial charge is 0.275 e. The van der Waals surface area contributed by atoms with Crippen LogP contribution in [0.5, 0.6) is 5.75 Å². The van der Waals surface area contributed by atoms with Crippen LogP contribution in [-0.2, 0) is 0 Å². The summed E-state index contributed by atoms with van der Waals surface area (Å²) in [5.74, 6) is -0.666. The number of phenols is 1. The van der Waals surface area contributed by atoms with Gasteiger partial charge in [0.05, 0.1) is 17.0 Å². The Balaban J connectivity index is 2.14. The predicted molar refractivity (Wildman–Crippen MR) is 73.6 cm³/mol. The molecule has 0 aliphatic carbocycles. The zero-order chi connectivity index (χ0) is 13.8. The Morgan fingerprint density at radius 1 is 1.42 bits per heavy atom. The summed E-state index contributed by atoms with van der Waals surface area (Å²) in [6, 6.07) is 7.91. The third-order valence-corrected chi connectivity index (χ3v) is 2.75. The van der Waals surface area contributed by atoms with Crippen molar-refractivity contribution >= 4 is 23.2 Å². The van der Waals surface area contributed by atoms with Gasteiger partial charge in [-0.15, -0.1) is 0 Å². The zero-order valence-electron chi connectivity index (χ0n) is 10.1. The van der Waals surface area contributed by atoms with Crippen molar-refractivity contribution in [3.8, 4) is 5.75 Å². The van der Waals surface area contributed by atoms with Gasteiger partial charge >= 0.3 is 0 Å². The fraction of sp³-hybridized carbons (Fsp3) is 0.0769. The van der Waals surface area contributed by atoms with Gasteiger partial charge in [0.1, 0.15) is 5.75 Å². The lowest BCUT2D eigenvalue weighted by atomic mass is 10.2. The summed E-state index contributed by atoms with van der Waals surface area (Å²) in [4.78, 5) is 14.8. The molecule has 1 heterocycles. The molecular weight excluding hydrogens is 266 g/mol. The largest absolute Gasteiger partial charge is 0.507 e. The molecule has 0 aliphatic rings. The summed E-state index contributed by atoms with van der Waals surface area (Å²) in [7, 11) is 0. The van der Waals surface area contributed by atoms with Crippen molar-refractivity contribution in [1.29, 1.82) is 0 Å². The van der Waals surface area contributed by atoms with Crippen LogP contribution in [-0.4, -0.2) is 21.7 Å². The van der Waals surface area contributed by atoms with Crippen molar-refractivity contribution in [1.82, 2.24) is 10.4 Å². The number of rotatable bonds is 3. The van der Waals surface area contributed by atoms with Crippen LogP contribution in [0.15, 0.2) is 41.6 Å². The lowest BCUT2D eigenvalue weighted by molar-refractivity contribution is 0.0952. The van der Waals surface area contributed by atoms with E-state index in [-0.39, 0.29) is 11.3 Å². The number of H-pyrrole nitrogens is 1. The summed E-state index contributed by atoms with van der Waals surface area (Å²) in [6.07, 6.45) is 1.76. The van der Waals surface area contributed by atoms with Gasteiger partial charge in [0.25, 0.3) is 5.91 Å². The minimum absolute atomic E-state index is 0.0792. The molecule has 0 saturated carbocycles. The number of halogens is 1. The van der Waals surface area contributed by atoms with E-state index in [0.29, 0.717) is 10.7 Å². The second-order valence-electron chi connectivity index (χ2n) is 3.88. The molecule has 0 spiro atoms. The Bertz CT molecular complexity index is 621. The molecule has 1 amide bonds. The van der Waals surface area contributed by atoms with Crippen LogP contribution >= 0.6 is 11.6 Å². The summed E-state index contributed by atoms with van der Waals surface area (Å²) >= 11 is 5.77. The Hall–Kier alpha value is -2.27. The summed E-state index contributed by atoms with van der Waals surface area (Å²) in [6.45, 7) is 1.75. The summed E-state index contributed by atoms with van der Waals surface area (Å²) in [5, 5.41) is 13.9. The van der Waals surface area contributed by atoms with Crippen LogP contribution in [0.2, 0.25) is 5.02 Å². The molecule has 3 N–H and O–H groups in total. The molecule has 0 aliphatic heterocycles. The zero-order valence-corrected chi connectivity index (χ0v) is 10.9. The van der Waals surface area contributed by atoms with Crippen molar-refractivity contribution < 1.29 is 9.90 Å². The second-order valence-corrected chi connectivity index (χ2v) is 4.32. The molecule has 2 rings (SSSR count). The van der Waals surface area contributed by atoms with E-state index >= 15 is 0 Å². The summed E-state index contributed by atoms with van der Waals surface area (Å²) in [5.41, 5.74) is 3.87.